The maximum absolute atomic E-state index is 12.8. The third-order valence-electron chi connectivity index (χ3n) is 6.69. The van der Waals surface area contributed by atoms with Crippen LogP contribution in [0, 0.1) is 0 Å². The number of hydrogen-bond acceptors (Lipinski definition) is 7. The first kappa shape index (κ1) is 24.7. The first-order chi connectivity index (χ1) is 16.6. The second kappa shape index (κ2) is 12.3. The number of likely N-dealkylation sites (tertiary alicyclic amines) is 2. The summed E-state index contributed by atoms with van der Waals surface area (Å²) in [6, 6.07) is 14.4. The van der Waals surface area contributed by atoms with Crippen molar-refractivity contribution in [3.63, 3.8) is 0 Å². The summed E-state index contributed by atoms with van der Waals surface area (Å²) in [5.74, 6) is 1.38. The Hall–Kier alpha value is -2.45. The van der Waals surface area contributed by atoms with E-state index in [0.29, 0.717) is 48.9 Å². The molecule has 2 N–H and O–H groups in total. The average molecular weight is 469 g/mol. The van der Waals surface area contributed by atoms with Gasteiger partial charge in [-0.05, 0) is 87.1 Å². The van der Waals surface area contributed by atoms with Crippen molar-refractivity contribution in [3.8, 4) is 11.5 Å². The molecular formula is C27H36N2O5. The predicted octanol–water partition coefficient (Wildman–Crippen LogP) is 3.28. The van der Waals surface area contributed by atoms with Gasteiger partial charge in [0.25, 0.3) is 0 Å². The molecule has 2 saturated heterocycles. The molecule has 0 amide bonds. The molecule has 0 aliphatic carbocycles. The first-order valence-electron chi connectivity index (χ1n) is 12.4. The number of aliphatic hydroxyl groups is 2. The third kappa shape index (κ3) is 6.79. The van der Waals surface area contributed by atoms with E-state index in [1.54, 1.807) is 24.3 Å². The van der Waals surface area contributed by atoms with Crippen molar-refractivity contribution in [2.75, 3.05) is 39.4 Å². The molecule has 184 valence electrons. The normalized spacial score (nSPS) is 21.8. The zero-order valence-corrected chi connectivity index (χ0v) is 19.8. The van der Waals surface area contributed by atoms with E-state index in [0.717, 1.165) is 51.6 Å². The molecule has 0 spiro atoms. The average Bonchev–Trinajstić information content (AvgIpc) is 2.87. The van der Waals surface area contributed by atoms with Crippen LogP contribution in [0.2, 0.25) is 0 Å². The van der Waals surface area contributed by atoms with Gasteiger partial charge in [-0.1, -0.05) is 0 Å². The Morgan fingerprint density at radius 2 is 1.12 bits per heavy atom. The van der Waals surface area contributed by atoms with Gasteiger partial charge in [-0.15, -0.1) is 0 Å². The highest BCUT2D eigenvalue weighted by molar-refractivity contribution is 6.09. The monoisotopic (exact) mass is 468 g/mol. The van der Waals surface area contributed by atoms with Crippen LogP contribution in [0.1, 0.15) is 54.4 Å². The molecule has 0 bridgehead atoms. The van der Waals surface area contributed by atoms with Gasteiger partial charge in [-0.2, -0.15) is 0 Å². The predicted molar refractivity (Wildman–Crippen MR) is 130 cm³/mol. The summed E-state index contributed by atoms with van der Waals surface area (Å²) >= 11 is 0. The molecule has 2 atom stereocenters. The number of carbonyl (C=O) groups is 1. The van der Waals surface area contributed by atoms with E-state index >= 15 is 0 Å². The summed E-state index contributed by atoms with van der Waals surface area (Å²) in [4.78, 5) is 16.9. The fraction of sp³-hybridized carbons (Fsp3) is 0.519. The van der Waals surface area contributed by atoms with Crippen molar-refractivity contribution in [2.45, 2.75) is 51.0 Å². The van der Waals surface area contributed by atoms with E-state index in [9.17, 15) is 15.0 Å². The number of hydrogen-bond donors (Lipinski definition) is 2. The topological polar surface area (TPSA) is 82.5 Å². The van der Waals surface area contributed by atoms with Crippen molar-refractivity contribution in [2.24, 2.45) is 0 Å². The molecule has 2 aliphatic heterocycles. The molecule has 2 fully saturated rings. The smallest absolute Gasteiger partial charge is 0.193 e. The Bertz CT molecular complexity index is 829. The fourth-order valence-electron chi connectivity index (χ4n) is 4.60. The van der Waals surface area contributed by atoms with Gasteiger partial charge >= 0.3 is 0 Å². The zero-order chi connectivity index (χ0) is 23.8. The van der Waals surface area contributed by atoms with Gasteiger partial charge in [0, 0.05) is 37.3 Å². The van der Waals surface area contributed by atoms with Crippen LogP contribution in [0.3, 0.4) is 0 Å². The molecule has 0 radical (unpaired) electrons. The molecular weight excluding hydrogens is 432 g/mol. The van der Waals surface area contributed by atoms with E-state index in [2.05, 4.69) is 0 Å². The Labute approximate surface area is 201 Å². The van der Waals surface area contributed by atoms with Crippen LogP contribution in [-0.4, -0.2) is 77.6 Å². The molecule has 2 aromatic carbocycles. The molecule has 2 unspecified atom stereocenters. The number of ketones is 1. The van der Waals surface area contributed by atoms with Gasteiger partial charge < -0.3 is 19.7 Å². The molecule has 4 rings (SSSR count). The summed E-state index contributed by atoms with van der Waals surface area (Å²) in [5, 5.41) is 20.0. The second-order valence-electron chi connectivity index (χ2n) is 9.10. The minimum Gasteiger partial charge on any atom is -0.492 e. The maximum Gasteiger partial charge on any atom is 0.193 e. The largest absolute Gasteiger partial charge is 0.492 e. The van der Waals surface area contributed by atoms with Gasteiger partial charge in [-0.25, -0.2) is 0 Å². The zero-order valence-electron chi connectivity index (χ0n) is 19.8. The van der Waals surface area contributed by atoms with Gasteiger partial charge in [-0.3, -0.25) is 14.6 Å². The van der Waals surface area contributed by atoms with Crippen LogP contribution >= 0.6 is 0 Å². The molecule has 0 saturated carbocycles. The molecule has 0 aromatic heterocycles. The number of ether oxygens (including phenoxy) is 2. The van der Waals surface area contributed by atoms with Gasteiger partial charge in [0.2, 0.25) is 0 Å². The van der Waals surface area contributed by atoms with Crippen LogP contribution in [0.25, 0.3) is 0 Å². The lowest BCUT2D eigenvalue weighted by atomic mass is 10.0. The number of rotatable bonds is 10. The quantitative estimate of drug-likeness (QED) is 0.518. The second-order valence-corrected chi connectivity index (χ2v) is 9.10. The van der Waals surface area contributed by atoms with Crippen LogP contribution in [0.5, 0.6) is 11.5 Å². The van der Waals surface area contributed by atoms with Crippen molar-refractivity contribution in [1.82, 2.24) is 9.80 Å². The van der Waals surface area contributed by atoms with Crippen LogP contribution < -0.4 is 9.47 Å². The van der Waals surface area contributed by atoms with E-state index in [-0.39, 0.29) is 18.2 Å². The summed E-state index contributed by atoms with van der Waals surface area (Å²) in [7, 11) is 0. The molecule has 2 aliphatic rings. The molecule has 7 heteroatoms. The minimum atomic E-state index is -0.364. The summed E-state index contributed by atoms with van der Waals surface area (Å²) < 4.78 is 11.6. The summed E-state index contributed by atoms with van der Waals surface area (Å²) in [6.45, 7) is 4.20. The van der Waals surface area contributed by atoms with Crippen molar-refractivity contribution < 1.29 is 24.5 Å². The summed E-state index contributed by atoms with van der Waals surface area (Å²) in [5.41, 5.74) is 1.21. The van der Waals surface area contributed by atoms with Crippen LogP contribution in [0.15, 0.2) is 48.5 Å². The highest BCUT2D eigenvalue weighted by Crippen LogP contribution is 2.20. The number of piperidine rings is 2. The Kier molecular flexibility index (Phi) is 8.93. The fourth-order valence-corrected chi connectivity index (χ4v) is 4.60. The lowest BCUT2D eigenvalue weighted by molar-refractivity contribution is -0.0293. The van der Waals surface area contributed by atoms with E-state index < -0.39 is 0 Å². The maximum atomic E-state index is 12.8. The SMILES string of the molecule is O=C(c1ccc(OCCN2CCCCC2O)cc1)c1ccc(OCCN2CCCCC2O)cc1. The number of nitrogens with zero attached hydrogens (tertiary/aromatic N) is 2. The Morgan fingerprint density at radius 3 is 1.50 bits per heavy atom. The van der Waals surface area contributed by atoms with Gasteiger partial charge in [0.1, 0.15) is 37.2 Å². The van der Waals surface area contributed by atoms with E-state index in [1.807, 2.05) is 34.1 Å². The van der Waals surface area contributed by atoms with Crippen molar-refractivity contribution >= 4 is 5.78 Å². The van der Waals surface area contributed by atoms with Crippen LogP contribution in [0.4, 0.5) is 0 Å². The highest BCUT2D eigenvalue weighted by Gasteiger charge is 2.20. The van der Waals surface area contributed by atoms with Crippen molar-refractivity contribution in [3.05, 3.63) is 59.7 Å². The van der Waals surface area contributed by atoms with Gasteiger partial charge in [0.05, 0.1) is 0 Å². The number of carbonyl (C=O) groups excluding carboxylic acids is 1. The molecule has 7 nitrogen and oxygen atoms in total. The molecule has 2 aromatic rings. The molecule has 2 heterocycles. The summed E-state index contributed by atoms with van der Waals surface area (Å²) in [6.07, 6.45) is 5.31. The minimum absolute atomic E-state index is 0.0500. The van der Waals surface area contributed by atoms with E-state index in [1.165, 1.54) is 0 Å². The number of aliphatic hydroxyl groups excluding tert-OH is 2. The standard InChI is InChI=1S/C27H36N2O5/c30-25-5-1-3-15-28(25)17-19-33-23-11-7-21(8-12-23)27(32)22-9-13-24(14-10-22)34-20-18-29-16-4-2-6-26(29)31/h7-14,25-26,30-31H,1-6,15-20H2. The molecule has 34 heavy (non-hydrogen) atoms. The Morgan fingerprint density at radius 1 is 0.706 bits per heavy atom. The first-order valence-corrected chi connectivity index (χ1v) is 12.4. The number of benzene rings is 2. The lowest BCUT2D eigenvalue weighted by Crippen LogP contribution is -2.41. The lowest BCUT2D eigenvalue weighted by Gasteiger charge is -2.31. The van der Waals surface area contributed by atoms with Crippen LogP contribution in [-0.2, 0) is 0 Å². The van der Waals surface area contributed by atoms with Gasteiger partial charge in [0.15, 0.2) is 5.78 Å². The highest BCUT2D eigenvalue weighted by atomic mass is 16.5. The van der Waals surface area contributed by atoms with Crippen molar-refractivity contribution in [1.29, 1.82) is 0 Å². The Balaban J connectivity index is 1.22. The third-order valence-corrected chi connectivity index (χ3v) is 6.69. The van der Waals surface area contributed by atoms with E-state index in [4.69, 9.17) is 9.47 Å².